The van der Waals surface area contributed by atoms with Crippen molar-refractivity contribution in [2.75, 3.05) is 10.8 Å². The normalized spacial score (nSPS) is 12.2. The van der Waals surface area contributed by atoms with Crippen LogP contribution in [0.4, 0.5) is 5.69 Å². The van der Waals surface area contributed by atoms with Crippen molar-refractivity contribution < 1.29 is 13.2 Å². The van der Waals surface area contributed by atoms with Crippen molar-refractivity contribution in [3.63, 3.8) is 0 Å². The summed E-state index contributed by atoms with van der Waals surface area (Å²) in [6.07, 6.45) is 0.650. The highest BCUT2D eigenvalue weighted by atomic mass is 32.2. The van der Waals surface area contributed by atoms with Crippen LogP contribution in [0.1, 0.15) is 42.1 Å². The van der Waals surface area contributed by atoms with Gasteiger partial charge in [-0.2, -0.15) is 0 Å². The third kappa shape index (κ3) is 5.37. The summed E-state index contributed by atoms with van der Waals surface area (Å²) < 4.78 is 28.4. The smallest absolute Gasteiger partial charge is 0.264 e. The van der Waals surface area contributed by atoms with Gasteiger partial charge >= 0.3 is 0 Å². The molecule has 1 amide bonds. The summed E-state index contributed by atoms with van der Waals surface area (Å²) in [6.45, 7) is 7.46. The number of nitrogens with one attached hydrogen (secondary N) is 1. The number of carbonyl (C=O) groups excluding carboxylic acids is 1. The number of sulfonamides is 1. The van der Waals surface area contributed by atoms with E-state index in [-0.39, 0.29) is 23.4 Å². The molecule has 0 aliphatic heterocycles. The summed E-state index contributed by atoms with van der Waals surface area (Å²) in [5, 5.41) is 2.94. The molecule has 0 bridgehead atoms. The molecule has 0 saturated heterocycles. The Bertz CT molecular complexity index is 1170. The lowest BCUT2D eigenvalue weighted by Crippen LogP contribution is -2.42. The number of benzene rings is 3. The number of amides is 1. The van der Waals surface area contributed by atoms with Gasteiger partial charge in [-0.25, -0.2) is 8.42 Å². The van der Waals surface area contributed by atoms with E-state index in [2.05, 4.69) is 5.32 Å². The lowest BCUT2D eigenvalue weighted by atomic mass is 10.1. The molecule has 3 aromatic rings. The third-order valence-electron chi connectivity index (χ3n) is 5.49. The molecule has 0 radical (unpaired) electrons. The van der Waals surface area contributed by atoms with Gasteiger partial charge in [0, 0.05) is 0 Å². The number of hydrogen-bond donors (Lipinski definition) is 1. The van der Waals surface area contributed by atoms with Crippen LogP contribution in [-0.4, -0.2) is 20.9 Å². The molecule has 168 valence electrons. The Hall–Kier alpha value is -3.12. The van der Waals surface area contributed by atoms with Gasteiger partial charge in [0.25, 0.3) is 10.0 Å². The average Bonchev–Trinajstić information content (AvgIpc) is 2.78. The lowest BCUT2D eigenvalue weighted by molar-refractivity contribution is -0.120. The van der Waals surface area contributed by atoms with Gasteiger partial charge in [-0.15, -0.1) is 0 Å². The first-order valence-electron chi connectivity index (χ1n) is 10.8. The molecule has 32 heavy (non-hydrogen) atoms. The van der Waals surface area contributed by atoms with Gasteiger partial charge in [0.1, 0.15) is 6.54 Å². The molecule has 0 fully saturated rings. The molecule has 1 N–H and O–H groups in total. The highest BCUT2D eigenvalue weighted by molar-refractivity contribution is 7.92. The summed E-state index contributed by atoms with van der Waals surface area (Å²) in [7, 11) is -3.93. The summed E-state index contributed by atoms with van der Waals surface area (Å²) in [4.78, 5) is 13.2. The van der Waals surface area contributed by atoms with Gasteiger partial charge in [0.2, 0.25) is 5.91 Å². The molecule has 6 heteroatoms. The zero-order chi connectivity index (χ0) is 23.3. The molecule has 0 aromatic heterocycles. The first-order valence-corrected chi connectivity index (χ1v) is 12.2. The molecular weight excluding hydrogens is 420 g/mol. The van der Waals surface area contributed by atoms with Gasteiger partial charge in [-0.3, -0.25) is 9.10 Å². The fourth-order valence-electron chi connectivity index (χ4n) is 3.55. The average molecular weight is 451 g/mol. The van der Waals surface area contributed by atoms with Crippen LogP contribution in [0.2, 0.25) is 0 Å². The van der Waals surface area contributed by atoms with E-state index in [1.54, 1.807) is 36.4 Å². The van der Waals surface area contributed by atoms with E-state index in [0.717, 1.165) is 22.3 Å². The van der Waals surface area contributed by atoms with Gasteiger partial charge < -0.3 is 5.32 Å². The fourth-order valence-corrected chi connectivity index (χ4v) is 5.01. The maximum atomic E-state index is 13.6. The zero-order valence-corrected chi connectivity index (χ0v) is 19.8. The first kappa shape index (κ1) is 23.5. The maximum absolute atomic E-state index is 13.6. The van der Waals surface area contributed by atoms with E-state index in [1.807, 2.05) is 64.1 Å². The van der Waals surface area contributed by atoms with Gasteiger partial charge in [-0.05, 0) is 56.5 Å². The highest BCUT2D eigenvalue weighted by Gasteiger charge is 2.29. The number of rotatable bonds is 8. The Morgan fingerprint density at radius 2 is 1.47 bits per heavy atom. The summed E-state index contributed by atoms with van der Waals surface area (Å²) in [6, 6.07) is 21.7. The quantitative estimate of drug-likeness (QED) is 0.529. The number of para-hydroxylation sites is 1. The minimum Gasteiger partial charge on any atom is -0.348 e. The van der Waals surface area contributed by atoms with Crippen LogP contribution < -0.4 is 9.62 Å². The molecule has 0 aliphatic rings. The Kier molecular flexibility index (Phi) is 7.36. The van der Waals surface area contributed by atoms with Crippen molar-refractivity contribution >= 4 is 21.6 Å². The van der Waals surface area contributed by atoms with E-state index in [1.165, 1.54) is 4.31 Å². The lowest BCUT2D eigenvalue weighted by Gasteiger charge is -2.27. The summed E-state index contributed by atoms with van der Waals surface area (Å²) >= 11 is 0. The van der Waals surface area contributed by atoms with Crippen LogP contribution >= 0.6 is 0 Å². The number of carbonyl (C=O) groups is 1. The standard InChI is InChI=1S/C26H30N2O3S/c1-5-22-8-6-7-9-25(22)28(32(30,31)24-16-12-20(3)13-17-24)18-26(29)27-21(4)23-14-10-19(2)11-15-23/h6-17,21H,5,18H2,1-4H3,(H,27,29)/t21-/m0/s1. The second-order valence-electron chi connectivity index (χ2n) is 8.01. The van der Waals surface area contributed by atoms with Gasteiger partial charge in [-0.1, -0.05) is 72.6 Å². The molecule has 0 aliphatic carbocycles. The number of anilines is 1. The van der Waals surface area contributed by atoms with Crippen molar-refractivity contribution in [2.45, 2.75) is 45.1 Å². The highest BCUT2D eigenvalue weighted by Crippen LogP contribution is 2.28. The number of nitrogens with zero attached hydrogens (tertiary/aromatic N) is 1. The molecule has 3 rings (SSSR count). The van der Waals surface area contributed by atoms with E-state index in [9.17, 15) is 13.2 Å². The second kappa shape index (κ2) is 10.0. The third-order valence-corrected chi connectivity index (χ3v) is 7.27. The van der Waals surface area contributed by atoms with Crippen molar-refractivity contribution in [3.8, 4) is 0 Å². The van der Waals surface area contributed by atoms with E-state index in [0.29, 0.717) is 12.1 Å². The van der Waals surface area contributed by atoms with Crippen LogP contribution in [0, 0.1) is 13.8 Å². The van der Waals surface area contributed by atoms with Crippen LogP contribution in [0.15, 0.2) is 77.7 Å². The van der Waals surface area contributed by atoms with Crippen LogP contribution in [0.5, 0.6) is 0 Å². The molecule has 0 saturated carbocycles. The van der Waals surface area contributed by atoms with Crippen molar-refractivity contribution in [2.24, 2.45) is 0 Å². The molecule has 5 nitrogen and oxygen atoms in total. The first-order chi connectivity index (χ1) is 15.2. The SMILES string of the molecule is CCc1ccccc1N(CC(=O)N[C@@H](C)c1ccc(C)cc1)S(=O)(=O)c1ccc(C)cc1. The van der Waals surface area contributed by atoms with Gasteiger partial charge in [0.15, 0.2) is 0 Å². The monoisotopic (exact) mass is 450 g/mol. The van der Waals surface area contributed by atoms with E-state index in [4.69, 9.17) is 0 Å². The van der Waals surface area contributed by atoms with Crippen molar-refractivity contribution in [1.82, 2.24) is 5.32 Å². The predicted molar refractivity (Wildman–Crippen MR) is 129 cm³/mol. The molecule has 0 unspecified atom stereocenters. The van der Waals surface area contributed by atoms with Crippen LogP contribution in [0.25, 0.3) is 0 Å². The fraction of sp³-hybridized carbons (Fsp3) is 0.269. The van der Waals surface area contributed by atoms with Crippen LogP contribution in [0.3, 0.4) is 0 Å². The summed E-state index contributed by atoms with van der Waals surface area (Å²) in [5.41, 5.74) is 4.45. The minimum absolute atomic E-state index is 0.161. The Morgan fingerprint density at radius 1 is 0.906 bits per heavy atom. The largest absolute Gasteiger partial charge is 0.348 e. The molecule has 3 aromatic carbocycles. The predicted octanol–water partition coefficient (Wildman–Crippen LogP) is 4.94. The van der Waals surface area contributed by atoms with Crippen LogP contribution in [-0.2, 0) is 21.2 Å². The van der Waals surface area contributed by atoms with E-state index >= 15 is 0 Å². The van der Waals surface area contributed by atoms with E-state index < -0.39 is 10.0 Å². The maximum Gasteiger partial charge on any atom is 0.264 e. The zero-order valence-electron chi connectivity index (χ0n) is 19.0. The minimum atomic E-state index is -3.93. The Labute approximate surface area is 191 Å². The molecular formula is C26H30N2O3S. The van der Waals surface area contributed by atoms with Gasteiger partial charge in [0.05, 0.1) is 16.6 Å². The molecule has 0 spiro atoms. The number of hydrogen-bond acceptors (Lipinski definition) is 3. The Morgan fingerprint density at radius 3 is 2.06 bits per heavy atom. The summed E-state index contributed by atoms with van der Waals surface area (Å²) in [5.74, 6) is -0.361. The second-order valence-corrected chi connectivity index (χ2v) is 9.87. The topological polar surface area (TPSA) is 66.5 Å². The van der Waals surface area contributed by atoms with Crippen molar-refractivity contribution in [3.05, 3.63) is 95.1 Å². The number of aryl methyl sites for hydroxylation is 3. The molecule has 1 atom stereocenters. The Balaban J connectivity index is 1.93. The van der Waals surface area contributed by atoms with Crippen molar-refractivity contribution in [1.29, 1.82) is 0 Å². The molecule has 0 heterocycles.